The van der Waals surface area contributed by atoms with E-state index in [1.165, 1.54) is 0 Å². The predicted molar refractivity (Wildman–Crippen MR) is 67.5 cm³/mol. The minimum Gasteiger partial charge on any atom is -0.480 e. The van der Waals surface area contributed by atoms with Crippen molar-refractivity contribution < 1.29 is 19.4 Å². The quantitative estimate of drug-likeness (QED) is 0.735. The molecule has 0 bridgehead atoms. The molecule has 1 rings (SSSR count). The third-order valence-electron chi connectivity index (χ3n) is 2.04. The molecular weight excluding hydrogens is 260 g/mol. The highest BCUT2D eigenvalue weighted by atomic mass is 35.5. The number of aliphatic carboxylic acids is 1. The molecule has 1 atom stereocenters. The first-order valence-electron chi connectivity index (χ1n) is 5.03. The van der Waals surface area contributed by atoms with E-state index in [-0.39, 0.29) is 25.6 Å². The summed E-state index contributed by atoms with van der Waals surface area (Å²) < 4.78 is 4.84. The van der Waals surface area contributed by atoms with E-state index in [9.17, 15) is 9.59 Å². The largest absolute Gasteiger partial charge is 0.480 e. The lowest BCUT2D eigenvalue weighted by atomic mass is 10.2. The fourth-order valence-corrected chi connectivity index (χ4v) is 1.13. The lowest BCUT2D eigenvalue weighted by Crippen LogP contribution is -2.45. The highest BCUT2D eigenvalue weighted by Crippen LogP contribution is 2.00. The van der Waals surface area contributed by atoms with E-state index in [0.29, 0.717) is 0 Å². The van der Waals surface area contributed by atoms with Crippen molar-refractivity contribution in [2.24, 2.45) is 5.73 Å². The molecule has 0 aliphatic heterocycles. The summed E-state index contributed by atoms with van der Waals surface area (Å²) in [6.07, 6.45) is -0.799. The minimum absolute atomic E-state index is 0. The molecule has 4 N–H and O–H groups in total. The van der Waals surface area contributed by atoms with Gasteiger partial charge in [0.1, 0.15) is 12.6 Å². The number of hydrogen-bond donors (Lipinski definition) is 3. The number of ether oxygens (including phenoxy) is 1. The monoisotopic (exact) mass is 274 g/mol. The number of nitrogens with one attached hydrogen (secondary N) is 1. The van der Waals surface area contributed by atoms with Crippen LogP contribution in [0.2, 0.25) is 0 Å². The molecule has 7 heteroatoms. The lowest BCUT2D eigenvalue weighted by molar-refractivity contribution is -0.139. The van der Waals surface area contributed by atoms with Crippen molar-refractivity contribution >= 4 is 24.5 Å². The van der Waals surface area contributed by atoms with Gasteiger partial charge in [-0.1, -0.05) is 30.3 Å². The molecule has 1 aromatic rings. The standard InChI is InChI=1S/C11H14N2O4.ClH/c12-6-9(10(14)15)13-11(16)17-7-8-4-2-1-3-5-8;/h1-5,9H,6-7,12H2,(H,13,16)(H,14,15);1H/t9-;/m1./s1. The van der Waals surface area contributed by atoms with Crippen LogP contribution in [0.25, 0.3) is 0 Å². The van der Waals surface area contributed by atoms with E-state index in [2.05, 4.69) is 5.32 Å². The molecule has 0 saturated heterocycles. The molecule has 0 saturated carbocycles. The average molecular weight is 275 g/mol. The first-order valence-corrected chi connectivity index (χ1v) is 5.03. The number of benzene rings is 1. The Labute approximate surface area is 111 Å². The number of nitrogens with two attached hydrogens (primary N) is 1. The van der Waals surface area contributed by atoms with Gasteiger partial charge >= 0.3 is 12.1 Å². The van der Waals surface area contributed by atoms with Crippen molar-refractivity contribution in [3.8, 4) is 0 Å². The van der Waals surface area contributed by atoms with Crippen LogP contribution in [0, 0.1) is 0 Å². The van der Waals surface area contributed by atoms with Gasteiger partial charge in [0.05, 0.1) is 0 Å². The Bertz CT molecular complexity index is 386. The first-order chi connectivity index (χ1) is 8.13. The summed E-state index contributed by atoms with van der Waals surface area (Å²) in [4.78, 5) is 21.8. The molecule has 0 heterocycles. The maximum atomic E-state index is 11.2. The molecule has 6 nitrogen and oxygen atoms in total. The molecule has 0 aliphatic carbocycles. The van der Waals surface area contributed by atoms with Crippen molar-refractivity contribution in [3.63, 3.8) is 0 Å². The van der Waals surface area contributed by atoms with Crippen LogP contribution in [0.4, 0.5) is 4.79 Å². The van der Waals surface area contributed by atoms with Gasteiger partial charge in [0, 0.05) is 6.54 Å². The summed E-state index contributed by atoms with van der Waals surface area (Å²) in [5.41, 5.74) is 6.00. The minimum atomic E-state index is -1.19. The topological polar surface area (TPSA) is 102 Å². The Kier molecular flexibility index (Phi) is 7.50. The van der Waals surface area contributed by atoms with Crippen LogP contribution in [0.1, 0.15) is 5.56 Å². The SMILES string of the molecule is Cl.NC[C@@H](NC(=O)OCc1ccccc1)C(=O)O. The molecule has 1 amide bonds. The van der Waals surface area contributed by atoms with E-state index in [0.717, 1.165) is 5.56 Å². The number of carboxylic acids is 1. The number of halogens is 1. The highest BCUT2D eigenvalue weighted by Gasteiger charge is 2.18. The second-order valence-corrected chi connectivity index (χ2v) is 3.33. The number of carbonyl (C=O) groups excluding carboxylic acids is 1. The average Bonchev–Trinajstić information content (AvgIpc) is 2.34. The second kappa shape index (κ2) is 8.32. The van der Waals surface area contributed by atoms with Crippen LogP contribution in [0.15, 0.2) is 30.3 Å². The van der Waals surface area contributed by atoms with Crippen molar-refractivity contribution in [1.82, 2.24) is 5.32 Å². The molecule has 0 aliphatic rings. The Hall–Kier alpha value is -1.79. The van der Waals surface area contributed by atoms with Gasteiger partial charge < -0.3 is 20.9 Å². The molecule has 18 heavy (non-hydrogen) atoms. The van der Waals surface area contributed by atoms with Crippen LogP contribution in [-0.4, -0.2) is 29.8 Å². The van der Waals surface area contributed by atoms with E-state index in [1.54, 1.807) is 12.1 Å². The molecule has 0 radical (unpaired) electrons. The van der Waals surface area contributed by atoms with E-state index >= 15 is 0 Å². The van der Waals surface area contributed by atoms with Gasteiger partial charge in [0.25, 0.3) is 0 Å². The van der Waals surface area contributed by atoms with Gasteiger partial charge in [-0.2, -0.15) is 0 Å². The fourth-order valence-electron chi connectivity index (χ4n) is 1.13. The highest BCUT2D eigenvalue weighted by molar-refractivity contribution is 5.85. The summed E-state index contributed by atoms with van der Waals surface area (Å²) in [7, 11) is 0. The van der Waals surface area contributed by atoms with Crippen molar-refractivity contribution in [3.05, 3.63) is 35.9 Å². The normalized spacial score (nSPS) is 10.9. The summed E-state index contributed by atoms with van der Waals surface area (Å²) in [6.45, 7) is -0.0979. The van der Waals surface area contributed by atoms with Crippen molar-refractivity contribution in [1.29, 1.82) is 0 Å². The van der Waals surface area contributed by atoms with E-state index in [4.69, 9.17) is 15.6 Å². The third kappa shape index (κ3) is 5.51. The van der Waals surface area contributed by atoms with Gasteiger partial charge in [0.15, 0.2) is 0 Å². The molecule has 0 fully saturated rings. The Morgan fingerprint density at radius 3 is 2.44 bits per heavy atom. The van der Waals surface area contributed by atoms with E-state index < -0.39 is 18.1 Å². The molecule has 1 aromatic carbocycles. The van der Waals surface area contributed by atoms with Crippen molar-refractivity contribution in [2.45, 2.75) is 12.6 Å². The number of hydrogen-bond acceptors (Lipinski definition) is 4. The smallest absolute Gasteiger partial charge is 0.408 e. The molecule has 0 unspecified atom stereocenters. The molecule has 0 aromatic heterocycles. The summed E-state index contributed by atoms with van der Waals surface area (Å²) >= 11 is 0. The van der Waals surface area contributed by atoms with Crippen LogP contribution in [0.3, 0.4) is 0 Å². The zero-order valence-corrected chi connectivity index (χ0v) is 10.4. The van der Waals surface area contributed by atoms with Crippen molar-refractivity contribution in [2.75, 3.05) is 6.54 Å². The first kappa shape index (κ1) is 16.2. The summed E-state index contributed by atoms with van der Waals surface area (Å²) in [6, 6.07) is 7.94. The molecule has 0 spiro atoms. The number of amides is 1. The fraction of sp³-hybridized carbons (Fsp3) is 0.273. The summed E-state index contributed by atoms with van der Waals surface area (Å²) in [5, 5.41) is 10.8. The Morgan fingerprint density at radius 2 is 1.94 bits per heavy atom. The van der Waals surface area contributed by atoms with Gasteiger partial charge in [-0.05, 0) is 5.56 Å². The van der Waals surface area contributed by atoms with Crippen LogP contribution in [0.5, 0.6) is 0 Å². The number of alkyl carbamates (subject to hydrolysis) is 1. The number of rotatable bonds is 5. The zero-order valence-electron chi connectivity index (χ0n) is 9.54. The molecule has 100 valence electrons. The maximum Gasteiger partial charge on any atom is 0.408 e. The number of carboxylic acid groups (broad SMARTS) is 1. The van der Waals surface area contributed by atoms with Gasteiger partial charge in [0.2, 0.25) is 0 Å². The Morgan fingerprint density at radius 1 is 1.33 bits per heavy atom. The van der Waals surface area contributed by atoms with Crippen LogP contribution in [-0.2, 0) is 16.1 Å². The second-order valence-electron chi connectivity index (χ2n) is 3.33. The van der Waals surface area contributed by atoms with Crippen LogP contribution >= 0.6 is 12.4 Å². The van der Waals surface area contributed by atoms with Gasteiger partial charge in [-0.25, -0.2) is 9.59 Å². The molecular formula is C11H15ClN2O4. The zero-order chi connectivity index (χ0) is 12.7. The van der Waals surface area contributed by atoms with E-state index in [1.807, 2.05) is 18.2 Å². The predicted octanol–water partition coefficient (Wildman–Crippen LogP) is 0.746. The lowest BCUT2D eigenvalue weighted by Gasteiger charge is -2.12. The van der Waals surface area contributed by atoms with Crippen LogP contribution < -0.4 is 11.1 Å². The summed E-state index contributed by atoms with van der Waals surface area (Å²) in [5.74, 6) is -1.19. The van der Waals surface area contributed by atoms with Gasteiger partial charge in [-0.3, -0.25) is 0 Å². The number of carbonyl (C=O) groups is 2. The van der Waals surface area contributed by atoms with Gasteiger partial charge in [-0.15, -0.1) is 12.4 Å². The third-order valence-corrected chi connectivity index (χ3v) is 2.04. The maximum absolute atomic E-state index is 11.2. The Balaban J connectivity index is 0.00000289.